The molecule has 29 heavy (non-hydrogen) atoms. The average molecular weight is 428 g/mol. The van der Waals surface area contributed by atoms with E-state index in [2.05, 4.69) is 5.32 Å². The van der Waals surface area contributed by atoms with Gasteiger partial charge in [-0.1, -0.05) is 17.7 Å². The molecule has 1 aliphatic heterocycles. The number of halogens is 1. The zero-order valence-corrected chi connectivity index (χ0v) is 18.3. The first-order valence-corrected chi connectivity index (χ1v) is 12.1. The molecule has 2 bridgehead atoms. The second-order valence-corrected chi connectivity index (χ2v) is 10.0. The van der Waals surface area contributed by atoms with E-state index in [0.717, 1.165) is 52.3 Å². The largest absolute Gasteiger partial charge is 0.340 e. The molecule has 2 heterocycles. The molecule has 1 aromatic heterocycles. The molecule has 2 aromatic rings. The van der Waals surface area contributed by atoms with Gasteiger partial charge in [0.05, 0.1) is 5.56 Å². The predicted octanol–water partition coefficient (Wildman–Crippen LogP) is 5.73. The normalized spacial score (nSPS) is 23.0. The number of thioether (sulfide) groups is 1. The molecule has 0 unspecified atom stereocenters. The number of carbonyl (C=O) groups is 1. The molecular formula is C23H26ClN3OS. The van der Waals surface area contributed by atoms with Gasteiger partial charge in [-0.15, -0.1) is 0 Å². The molecule has 1 N–H and O–H groups in total. The van der Waals surface area contributed by atoms with Gasteiger partial charge in [-0.25, -0.2) is 4.98 Å². The molecule has 6 heteroatoms. The Morgan fingerprint density at radius 3 is 2.52 bits per heavy atom. The Morgan fingerprint density at radius 1 is 1.14 bits per heavy atom. The smallest absolute Gasteiger partial charge is 0.255 e. The quantitative estimate of drug-likeness (QED) is 0.679. The molecule has 1 saturated carbocycles. The number of amides is 1. The summed E-state index contributed by atoms with van der Waals surface area (Å²) in [5.74, 6) is 4.11. The van der Waals surface area contributed by atoms with Crippen LogP contribution in [0, 0.1) is 6.92 Å². The number of hydrogen-bond acceptors (Lipinski definition) is 4. The Bertz CT molecular complexity index is 949. The van der Waals surface area contributed by atoms with Gasteiger partial charge in [0.25, 0.3) is 5.91 Å². The molecule has 152 valence electrons. The number of fused-ring (bicyclic) bond motifs is 2. The lowest BCUT2D eigenvalue weighted by atomic mass is 9.66. The summed E-state index contributed by atoms with van der Waals surface area (Å²) in [7, 11) is 0. The monoisotopic (exact) mass is 427 g/mol. The third kappa shape index (κ3) is 3.53. The molecule has 2 fully saturated rings. The molecule has 1 aromatic carbocycles. The highest BCUT2D eigenvalue weighted by atomic mass is 35.5. The maximum atomic E-state index is 13.3. The summed E-state index contributed by atoms with van der Waals surface area (Å²) in [6, 6.07) is 6.02. The Kier molecular flexibility index (Phi) is 5.21. The summed E-state index contributed by atoms with van der Waals surface area (Å²) < 4.78 is 0. The van der Waals surface area contributed by atoms with Crippen LogP contribution < -0.4 is 5.32 Å². The van der Waals surface area contributed by atoms with Crippen molar-refractivity contribution in [2.24, 2.45) is 0 Å². The van der Waals surface area contributed by atoms with Gasteiger partial charge >= 0.3 is 0 Å². The van der Waals surface area contributed by atoms with E-state index in [0.29, 0.717) is 11.8 Å². The molecular weight excluding hydrogens is 402 g/mol. The third-order valence-electron chi connectivity index (χ3n) is 6.67. The van der Waals surface area contributed by atoms with Crippen LogP contribution in [0.5, 0.6) is 0 Å². The first kappa shape index (κ1) is 19.3. The number of aromatic nitrogens is 1. The number of nitrogens with zero attached hydrogens (tertiary/aromatic N) is 2. The van der Waals surface area contributed by atoms with Crippen LogP contribution in [0.3, 0.4) is 0 Å². The van der Waals surface area contributed by atoms with Crippen molar-refractivity contribution in [3.63, 3.8) is 0 Å². The van der Waals surface area contributed by atoms with Crippen LogP contribution in [-0.2, 0) is 0 Å². The lowest BCUT2D eigenvalue weighted by Gasteiger charge is -2.40. The van der Waals surface area contributed by atoms with Crippen LogP contribution in [0.25, 0.3) is 0 Å². The highest BCUT2D eigenvalue weighted by Gasteiger charge is 2.39. The number of anilines is 2. The summed E-state index contributed by atoms with van der Waals surface area (Å²) in [6.07, 6.45) is 6.59. The summed E-state index contributed by atoms with van der Waals surface area (Å²) in [4.78, 5) is 20.1. The average Bonchev–Trinajstić information content (AvgIpc) is 2.77. The fraction of sp³-hybridized carbons (Fsp3) is 0.478. The Morgan fingerprint density at radius 2 is 1.83 bits per heavy atom. The number of carbonyl (C=O) groups excluding carboxylic acids is 1. The Hall–Kier alpha value is -1.72. The molecule has 3 aliphatic carbocycles. The van der Waals surface area contributed by atoms with E-state index in [4.69, 9.17) is 16.6 Å². The zero-order valence-electron chi connectivity index (χ0n) is 16.7. The van der Waals surface area contributed by atoms with Crippen molar-refractivity contribution in [2.75, 3.05) is 29.9 Å². The van der Waals surface area contributed by atoms with Gasteiger partial charge in [0.1, 0.15) is 5.82 Å². The highest BCUT2D eigenvalue weighted by Crippen LogP contribution is 2.52. The topological polar surface area (TPSA) is 45.2 Å². The number of aryl methyl sites for hydroxylation is 1. The van der Waals surface area contributed by atoms with Crippen molar-refractivity contribution in [3.8, 4) is 0 Å². The maximum Gasteiger partial charge on any atom is 0.255 e. The minimum atomic E-state index is 0.173. The molecule has 1 amide bonds. The first-order valence-electron chi connectivity index (χ1n) is 10.5. The van der Waals surface area contributed by atoms with Crippen molar-refractivity contribution >= 4 is 40.8 Å². The Labute approximate surface area is 181 Å². The zero-order chi connectivity index (χ0) is 20.0. The second-order valence-electron chi connectivity index (χ2n) is 8.39. The van der Waals surface area contributed by atoms with Crippen LogP contribution in [0.2, 0.25) is 5.02 Å². The molecule has 0 spiro atoms. The minimum Gasteiger partial charge on any atom is -0.340 e. The van der Waals surface area contributed by atoms with E-state index >= 15 is 0 Å². The first-order chi connectivity index (χ1) is 14.1. The lowest BCUT2D eigenvalue weighted by Crippen LogP contribution is -2.39. The number of pyridine rings is 1. The van der Waals surface area contributed by atoms with Gasteiger partial charge in [-0.05, 0) is 67.7 Å². The van der Waals surface area contributed by atoms with Crippen molar-refractivity contribution in [1.82, 2.24) is 9.88 Å². The van der Waals surface area contributed by atoms with Gasteiger partial charge in [0, 0.05) is 47.1 Å². The van der Waals surface area contributed by atoms with Crippen LogP contribution >= 0.6 is 23.4 Å². The van der Waals surface area contributed by atoms with Crippen molar-refractivity contribution in [2.45, 2.75) is 44.4 Å². The summed E-state index contributed by atoms with van der Waals surface area (Å²) in [5.41, 5.74) is 5.40. The molecule has 4 nitrogen and oxygen atoms in total. The summed E-state index contributed by atoms with van der Waals surface area (Å²) in [6.45, 7) is 3.69. The molecule has 6 rings (SSSR count). The van der Waals surface area contributed by atoms with Gasteiger partial charge in [0.15, 0.2) is 0 Å². The predicted molar refractivity (Wildman–Crippen MR) is 121 cm³/mol. The minimum absolute atomic E-state index is 0.173. The summed E-state index contributed by atoms with van der Waals surface area (Å²) in [5, 5.41) is 4.26. The number of rotatable bonds is 3. The van der Waals surface area contributed by atoms with E-state index < -0.39 is 0 Å². The van der Waals surface area contributed by atoms with E-state index in [9.17, 15) is 4.79 Å². The van der Waals surface area contributed by atoms with Crippen LogP contribution in [0.1, 0.15) is 64.6 Å². The number of nitrogens with one attached hydrogen (secondary N) is 1. The Balaban J connectivity index is 1.55. The van der Waals surface area contributed by atoms with Gasteiger partial charge in [-0.3, -0.25) is 4.79 Å². The van der Waals surface area contributed by atoms with Crippen LogP contribution in [-0.4, -0.2) is 40.4 Å². The summed E-state index contributed by atoms with van der Waals surface area (Å²) >= 11 is 8.25. The molecule has 1 saturated heterocycles. The van der Waals surface area contributed by atoms with E-state index in [-0.39, 0.29) is 5.91 Å². The lowest BCUT2D eigenvalue weighted by molar-refractivity contribution is 0.0769. The van der Waals surface area contributed by atoms with E-state index in [1.54, 1.807) is 0 Å². The van der Waals surface area contributed by atoms with Crippen molar-refractivity contribution in [1.29, 1.82) is 0 Å². The van der Waals surface area contributed by atoms with Crippen LogP contribution in [0.15, 0.2) is 24.4 Å². The van der Waals surface area contributed by atoms with Crippen LogP contribution in [0.4, 0.5) is 11.5 Å². The molecule has 0 atom stereocenters. The van der Waals surface area contributed by atoms with Crippen molar-refractivity contribution in [3.05, 3.63) is 51.7 Å². The van der Waals surface area contributed by atoms with E-state index in [1.807, 2.05) is 48.0 Å². The van der Waals surface area contributed by atoms with E-state index in [1.165, 1.54) is 36.8 Å². The number of benzene rings is 1. The standard InChI is InChI=1S/C23H26ClN3OS/c1-14-2-7-17(12-19(14)24)26-22-21-16-5-3-15(4-6-16)20(21)18(13-25-22)23(28)27-8-10-29-11-9-27/h2,7,12-13,15-16H,3-6,8-11H2,1H3,(H,25,26). The molecule has 4 aliphatic rings. The third-order valence-corrected chi connectivity index (χ3v) is 8.01. The maximum absolute atomic E-state index is 13.3. The van der Waals surface area contributed by atoms with Crippen molar-refractivity contribution < 1.29 is 4.79 Å². The van der Waals surface area contributed by atoms with Gasteiger partial charge < -0.3 is 10.2 Å². The van der Waals surface area contributed by atoms with Gasteiger partial charge in [-0.2, -0.15) is 11.8 Å². The fourth-order valence-electron chi connectivity index (χ4n) is 5.08. The molecule has 0 radical (unpaired) electrons. The van der Waals surface area contributed by atoms with Gasteiger partial charge in [0.2, 0.25) is 0 Å². The highest BCUT2D eigenvalue weighted by molar-refractivity contribution is 7.99. The fourth-order valence-corrected chi connectivity index (χ4v) is 6.16. The SMILES string of the molecule is Cc1ccc(Nc2ncc(C(=O)N3CCSCC3)c3c2C2CCC3CC2)cc1Cl. The number of hydrogen-bond donors (Lipinski definition) is 1. The second kappa shape index (κ2) is 7.84.